The lowest BCUT2D eigenvalue weighted by Crippen LogP contribution is -2.43. The summed E-state index contributed by atoms with van der Waals surface area (Å²) in [6.07, 6.45) is 2.68. The largest absolute Gasteiger partial charge is 0.382 e. The van der Waals surface area contributed by atoms with Gasteiger partial charge in [0.2, 0.25) is 0 Å². The van der Waals surface area contributed by atoms with Gasteiger partial charge in [-0.25, -0.2) is 0 Å². The third-order valence-corrected chi connectivity index (χ3v) is 3.51. The molecule has 0 bridgehead atoms. The molecule has 2 unspecified atom stereocenters. The molecule has 2 atom stereocenters. The van der Waals surface area contributed by atoms with Gasteiger partial charge in [-0.3, -0.25) is 0 Å². The van der Waals surface area contributed by atoms with Gasteiger partial charge in [-0.2, -0.15) is 0 Å². The molecule has 1 saturated heterocycles. The average molecular weight is 244 g/mol. The first-order valence-corrected chi connectivity index (χ1v) is 6.72. The van der Waals surface area contributed by atoms with E-state index in [1.54, 1.807) is 7.11 Å². The molecule has 1 rings (SSSR count). The van der Waals surface area contributed by atoms with E-state index in [0.29, 0.717) is 19.3 Å². The quantitative estimate of drug-likeness (QED) is 0.645. The number of rotatable bonds is 8. The standard InChI is InChI=1S/C13H28N2O2/c1-12(13-5-4-7-15(2)11-13)14-6-8-17-10-9-16-3/h12-14H,4-11H2,1-3H3. The van der Waals surface area contributed by atoms with Gasteiger partial charge in [0.25, 0.3) is 0 Å². The fourth-order valence-corrected chi connectivity index (χ4v) is 2.38. The fraction of sp³-hybridized carbons (Fsp3) is 1.00. The Morgan fingerprint density at radius 1 is 1.35 bits per heavy atom. The van der Waals surface area contributed by atoms with E-state index in [0.717, 1.165) is 19.1 Å². The van der Waals surface area contributed by atoms with Crippen LogP contribution in [0.5, 0.6) is 0 Å². The maximum atomic E-state index is 5.43. The summed E-state index contributed by atoms with van der Waals surface area (Å²) in [6, 6.07) is 0.587. The summed E-state index contributed by atoms with van der Waals surface area (Å²) in [5, 5.41) is 3.56. The molecular weight excluding hydrogens is 216 g/mol. The van der Waals surface area contributed by atoms with Crippen LogP contribution in [0.25, 0.3) is 0 Å². The summed E-state index contributed by atoms with van der Waals surface area (Å²) in [4.78, 5) is 2.43. The van der Waals surface area contributed by atoms with Crippen molar-refractivity contribution in [3.8, 4) is 0 Å². The van der Waals surface area contributed by atoms with Crippen LogP contribution >= 0.6 is 0 Å². The topological polar surface area (TPSA) is 33.7 Å². The van der Waals surface area contributed by atoms with Crippen molar-refractivity contribution in [2.45, 2.75) is 25.8 Å². The molecular formula is C13H28N2O2. The van der Waals surface area contributed by atoms with E-state index in [1.165, 1.54) is 25.9 Å². The molecule has 1 heterocycles. The number of hydrogen-bond donors (Lipinski definition) is 1. The van der Waals surface area contributed by atoms with Gasteiger partial charge in [-0.1, -0.05) is 0 Å². The second-order valence-electron chi connectivity index (χ2n) is 5.01. The number of ether oxygens (including phenoxy) is 2. The van der Waals surface area contributed by atoms with E-state index in [1.807, 2.05) is 0 Å². The minimum absolute atomic E-state index is 0.587. The molecule has 1 fully saturated rings. The second-order valence-corrected chi connectivity index (χ2v) is 5.01. The van der Waals surface area contributed by atoms with Crippen molar-refractivity contribution in [1.82, 2.24) is 10.2 Å². The minimum atomic E-state index is 0.587. The third kappa shape index (κ3) is 6.36. The predicted octanol–water partition coefficient (Wildman–Crippen LogP) is 0.969. The molecule has 1 aliphatic rings. The van der Waals surface area contributed by atoms with E-state index >= 15 is 0 Å². The fourth-order valence-electron chi connectivity index (χ4n) is 2.38. The minimum Gasteiger partial charge on any atom is -0.382 e. The maximum absolute atomic E-state index is 5.43. The maximum Gasteiger partial charge on any atom is 0.0700 e. The normalized spacial score (nSPS) is 23.8. The van der Waals surface area contributed by atoms with Crippen LogP contribution in [0.15, 0.2) is 0 Å². The van der Waals surface area contributed by atoms with Crippen molar-refractivity contribution >= 4 is 0 Å². The SMILES string of the molecule is COCCOCCNC(C)C1CCCN(C)C1. The van der Waals surface area contributed by atoms with Crippen molar-refractivity contribution in [2.24, 2.45) is 5.92 Å². The molecule has 102 valence electrons. The molecule has 4 heteroatoms. The zero-order chi connectivity index (χ0) is 12.5. The molecule has 0 aromatic heterocycles. The van der Waals surface area contributed by atoms with Gasteiger partial charge in [0.05, 0.1) is 19.8 Å². The summed E-state index contributed by atoms with van der Waals surface area (Å²) in [7, 11) is 3.91. The number of nitrogens with one attached hydrogen (secondary N) is 1. The van der Waals surface area contributed by atoms with E-state index in [-0.39, 0.29) is 0 Å². The number of hydrogen-bond acceptors (Lipinski definition) is 4. The summed E-state index contributed by atoms with van der Waals surface area (Å²) < 4.78 is 10.4. The van der Waals surface area contributed by atoms with Crippen molar-refractivity contribution in [3.63, 3.8) is 0 Å². The highest BCUT2D eigenvalue weighted by Gasteiger charge is 2.21. The Labute approximate surface area is 106 Å². The number of likely N-dealkylation sites (tertiary alicyclic amines) is 1. The Morgan fingerprint density at radius 3 is 2.88 bits per heavy atom. The Balaban J connectivity index is 2.02. The monoisotopic (exact) mass is 244 g/mol. The van der Waals surface area contributed by atoms with Crippen LogP contribution < -0.4 is 5.32 Å². The Hall–Kier alpha value is -0.160. The van der Waals surface area contributed by atoms with Crippen molar-refractivity contribution < 1.29 is 9.47 Å². The summed E-state index contributed by atoms with van der Waals surface area (Å²) in [5.41, 5.74) is 0. The number of methoxy groups -OCH3 is 1. The average Bonchev–Trinajstić information content (AvgIpc) is 2.33. The smallest absolute Gasteiger partial charge is 0.0700 e. The lowest BCUT2D eigenvalue weighted by molar-refractivity contribution is 0.0694. The zero-order valence-corrected chi connectivity index (χ0v) is 11.6. The van der Waals surface area contributed by atoms with Crippen LogP contribution in [0.2, 0.25) is 0 Å². The molecule has 17 heavy (non-hydrogen) atoms. The summed E-state index contributed by atoms with van der Waals surface area (Å²) >= 11 is 0. The lowest BCUT2D eigenvalue weighted by Gasteiger charge is -2.34. The van der Waals surface area contributed by atoms with Gasteiger partial charge in [0.1, 0.15) is 0 Å². The third-order valence-electron chi connectivity index (χ3n) is 3.51. The van der Waals surface area contributed by atoms with Crippen molar-refractivity contribution in [1.29, 1.82) is 0 Å². The van der Waals surface area contributed by atoms with Gasteiger partial charge in [0.15, 0.2) is 0 Å². The molecule has 0 radical (unpaired) electrons. The van der Waals surface area contributed by atoms with E-state index < -0.39 is 0 Å². The van der Waals surface area contributed by atoms with E-state index in [4.69, 9.17) is 9.47 Å². The Bertz CT molecular complexity index is 190. The molecule has 0 spiro atoms. The molecule has 1 N–H and O–H groups in total. The lowest BCUT2D eigenvalue weighted by atomic mass is 9.92. The van der Waals surface area contributed by atoms with Gasteiger partial charge in [-0.05, 0) is 39.3 Å². The van der Waals surface area contributed by atoms with Crippen molar-refractivity contribution in [3.05, 3.63) is 0 Å². The summed E-state index contributed by atoms with van der Waals surface area (Å²) in [5.74, 6) is 0.785. The predicted molar refractivity (Wildman–Crippen MR) is 70.4 cm³/mol. The van der Waals surface area contributed by atoms with Crippen LogP contribution in [0, 0.1) is 5.92 Å². The van der Waals surface area contributed by atoms with E-state index in [2.05, 4.69) is 24.2 Å². The molecule has 0 amide bonds. The molecule has 1 aliphatic heterocycles. The number of nitrogens with zero attached hydrogens (tertiary/aromatic N) is 1. The van der Waals surface area contributed by atoms with Gasteiger partial charge < -0.3 is 19.7 Å². The van der Waals surface area contributed by atoms with Gasteiger partial charge >= 0.3 is 0 Å². The molecule has 0 aliphatic carbocycles. The first kappa shape index (κ1) is 14.9. The highest BCUT2D eigenvalue weighted by atomic mass is 16.5. The summed E-state index contributed by atoms with van der Waals surface area (Å²) in [6.45, 7) is 7.85. The second kappa shape index (κ2) is 8.86. The van der Waals surface area contributed by atoms with Crippen LogP contribution in [-0.2, 0) is 9.47 Å². The van der Waals surface area contributed by atoms with Crippen LogP contribution in [-0.4, -0.2) is 64.6 Å². The molecule has 4 nitrogen and oxygen atoms in total. The highest BCUT2D eigenvalue weighted by molar-refractivity contribution is 4.78. The molecule has 0 saturated carbocycles. The van der Waals surface area contributed by atoms with Crippen LogP contribution in [0.1, 0.15) is 19.8 Å². The zero-order valence-electron chi connectivity index (χ0n) is 11.6. The molecule has 0 aromatic carbocycles. The highest BCUT2D eigenvalue weighted by Crippen LogP contribution is 2.18. The van der Waals surface area contributed by atoms with Gasteiger partial charge in [0, 0.05) is 26.2 Å². The first-order valence-electron chi connectivity index (χ1n) is 6.72. The van der Waals surface area contributed by atoms with Crippen LogP contribution in [0.3, 0.4) is 0 Å². The van der Waals surface area contributed by atoms with Crippen LogP contribution in [0.4, 0.5) is 0 Å². The molecule has 0 aromatic rings. The number of piperidine rings is 1. The Morgan fingerprint density at radius 2 is 2.18 bits per heavy atom. The van der Waals surface area contributed by atoms with Crippen molar-refractivity contribution in [2.75, 3.05) is 53.6 Å². The Kier molecular flexibility index (Phi) is 7.77. The first-order chi connectivity index (χ1) is 8.24. The van der Waals surface area contributed by atoms with E-state index in [9.17, 15) is 0 Å². The van der Waals surface area contributed by atoms with Gasteiger partial charge in [-0.15, -0.1) is 0 Å².